The van der Waals surface area contributed by atoms with E-state index in [1.807, 2.05) is 43.5 Å². The zero-order chi connectivity index (χ0) is 17.1. The first kappa shape index (κ1) is 22.4. The molecule has 0 heterocycles. The lowest BCUT2D eigenvalue weighted by molar-refractivity contribution is -0.127. The number of guanidine groups is 1. The second-order valence-corrected chi connectivity index (χ2v) is 5.62. The van der Waals surface area contributed by atoms with Crippen LogP contribution < -0.4 is 5.32 Å². The van der Waals surface area contributed by atoms with Crippen molar-refractivity contribution in [3.05, 3.63) is 48.6 Å². The third kappa shape index (κ3) is 8.90. The van der Waals surface area contributed by atoms with Crippen LogP contribution in [0.4, 0.5) is 0 Å². The highest BCUT2D eigenvalue weighted by atomic mass is 127. The molecule has 1 rings (SSSR count). The summed E-state index contributed by atoms with van der Waals surface area (Å²) in [5, 5.41) is 3.16. The maximum absolute atomic E-state index is 11.8. The molecule has 0 saturated heterocycles. The molecule has 0 spiro atoms. The Labute approximate surface area is 162 Å². The minimum absolute atomic E-state index is 0. The molecule has 1 amide bonds. The van der Waals surface area contributed by atoms with E-state index in [4.69, 9.17) is 0 Å². The van der Waals surface area contributed by atoms with Gasteiger partial charge in [-0.2, -0.15) is 0 Å². The van der Waals surface area contributed by atoms with Crippen molar-refractivity contribution in [2.75, 3.05) is 34.2 Å². The summed E-state index contributed by atoms with van der Waals surface area (Å²) >= 11 is 0. The quantitative estimate of drug-likeness (QED) is 0.221. The van der Waals surface area contributed by atoms with Gasteiger partial charge < -0.3 is 15.1 Å². The number of halogens is 1. The van der Waals surface area contributed by atoms with E-state index in [0.717, 1.165) is 30.9 Å². The van der Waals surface area contributed by atoms with Crippen LogP contribution in [-0.4, -0.2) is 55.9 Å². The molecule has 1 N–H and O–H groups in total. The maximum Gasteiger partial charge on any atom is 0.241 e. The van der Waals surface area contributed by atoms with Gasteiger partial charge in [0.2, 0.25) is 5.91 Å². The molecule has 1 aromatic carbocycles. The van der Waals surface area contributed by atoms with Crippen molar-refractivity contribution >= 4 is 35.8 Å². The third-order valence-corrected chi connectivity index (χ3v) is 3.41. The molecule has 0 saturated carbocycles. The molecule has 0 aromatic heterocycles. The fourth-order valence-corrected chi connectivity index (χ4v) is 1.95. The molecule has 0 bridgehead atoms. The molecule has 0 unspecified atom stereocenters. The number of nitrogens with zero attached hydrogens (tertiary/aromatic N) is 3. The Hall–Kier alpha value is -1.57. The molecule has 134 valence electrons. The van der Waals surface area contributed by atoms with Crippen LogP contribution in [0.5, 0.6) is 0 Å². The second kappa shape index (κ2) is 12.8. The van der Waals surface area contributed by atoms with E-state index >= 15 is 0 Å². The standard InChI is InChI=1S/C18H28N4O.HI/c1-5-6-10-13-22(4)18(20-15-17(23)21(2)3)19-14-16-11-8-7-9-12-16;/h5,7-9,11-12H,1,6,10,13-15H2,2-4H3,(H,19,20);1H. The average molecular weight is 444 g/mol. The van der Waals surface area contributed by atoms with Crippen molar-refractivity contribution in [1.82, 2.24) is 15.1 Å². The fraction of sp³-hybridized carbons (Fsp3) is 0.444. The lowest BCUT2D eigenvalue weighted by Gasteiger charge is -2.23. The fourth-order valence-electron chi connectivity index (χ4n) is 1.95. The lowest BCUT2D eigenvalue weighted by Crippen LogP contribution is -2.44. The molecule has 0 fully saturated rings. The first-order valence-corrected chi connectivity index (χ1v) is 7.89. The van der Waals surface area contributed by atoms with Gasteiger partial charge in [-0.05, 0) is 18.4 Å². The van der Waals surface area contributed by atoms with Crippen LogP contribution in [0, 0.1) is 0 Å². The number of aliphatic imine (C=N–C) groups is 1. The van der Waals surface area contributed by atoms with Crippen molar-refractivity contribution in [3.8, 4) is 0 Å². The molecule has 1 aromatic rings. The highest BCUT2D eigenvalue weighted by Gasteiger charge is 2.09. The number of carbonyl (C=O) groups is 1. The van der Waals surface area contributed by atoms with Crippen LogP contribution in [0.1, 0.15) is 18.4 Å². The third-order valence-electron chi connectivity index (χ3n) is 3.41. The van der Waals surface area contributed by atoms with E-state index in [0.29, 0.717) is 6.54 Å². The molecule has 0 atom stereocenters. The van der Waals surface area contributed by atoms with Crippen LogP contribution in [-0.2, 0) is 11.3 Å². The van der Waals surface area contributed by atoms with E-state index in [2.05, 4.69) is 21.8 Å². The van der Waals surface area contributed by atoms with Gasteiger partial charge in [-0.3, -0.25) is 4.79 Å². The van der Waals surface area contributed by atoms with Gasteiger partial charge in [0.25, 0.3) is 0 Å². The summed E-state index contributed by atoms with van der Waals surface area (Å²) in [5.41, 5.74) is 1.14. The van der Waals surface area contributed by atoms with Gasteiger partial charge in [0, 0.05) is 27.7 Å². The van der Waals surface area contributed by atoms with Gasteiger partial charge in [-0.15, -0.1) is 30.6 Å². The topological polar surface area (TPSA) is 47.9 Å². The highest BCUT2D eigenvalue weighted by molar-refractivity contribution is 14.0. The number of rotatable bonds is 8. The summed E-state index contributed by atoms with van der Waals surface area (Å²) in [6, 6.07) is 10.1. The lowest BCUT2D eigenvalue weighted by atomic mass is 10.2. The van der Waals surface area contributed by atoms with Crippen molar-refractivity contribution < 1.29 is 4.79 Å². The molecule has 6 heteroatoms. The van der Waals surface area contributed by atoms with Crippen LogP contribution in [0.3, 0.4) is 0 Å². The predicted molar refractivity (Wildman–Crippen MR) is 112 cm³/mol. The smallest absolute Gasteiger partial charge is 0.241 e. The molecule has 0 radical (unpaired) electrons. The van der Waals surface area contributed by atoms with Gasteiger partial charge >= 0.3 is 0 Å². The summed E-state index contributed by atoms with van der Waals surface area (Å²) in [6.07, 6.45) is 3.89. The van der Waals surface area contributed by atoms with Gasteiger partial charge in [-0.25, -0.2) is 4.99 Å². The van der Waals surface area contributed by atoms with Crippen LogP contribution in [0.25, 0.3) is 0 Å². The van der Waals surface area contributed by atoms with Crippen molar-refractivity contribution in [3.63, 3.8) is 0 Å². The van der Waals surface area contributed by atoms with Gasteiger partial charge in [0.15, 0.2) is 5.96 Å². The molecule has 0 aliphatic rings. The Balaban J connectivity index is 0.00000529. The Morgan fingerprint density at radius 1 is 1.25 bits per heavy atom. The molecule has 24 heavy (non-hydrogen) atoms. The molecule has 0 aliphatic carbocycles. The minimum atomic E-state index is 0. The van der Waals surface area contributed by atoms with Crippen molar-refractivity contribution in [2.24, 2.45) is 4.99 Å². The van der Waals surface area contributed by atoms with Crippen molar-refractivity contribution in [2.45, 2.75) is 19.4 Å². The SMILES string of the molecule is C=CCCCN(C)C(=NCc1ccccc1)NCC(=O)N(C)C.I. The summed E-state index contributed by atoms with van der Waals surface area (Å²) < 4.78 is 0. The van der Waals surface area contributed by atoms with Crippen LogP contribution in [0.2, 0.25) is 0 Å². The number of hydrogen-bond acceptors (Lipinski definition) is 2. The predicted octanol–water partition coefficient (Wildman–Crippen LogP) is 2.74. The number of unbranched alkanes of at least 4 members (excludes halogenated alkanes) is 1. The van der Waals surface area contributed by atoms with Gasteiger partial charge in [0.05, 0.1) is 13.1 Å². The average Bonchev–Trinajstić information content (AvgIpc) is 2.55. The van der Waals surface area contributed by atoms with Crippen molar-refractivity contribution in [1.29, 1.82) is 0 Å². The van der Waals surface area contributed by atoms with Gasteiger partial charge in [0.1, 0.15) is 0 Å². The zero-order valence-corrected chi connectivity index (χ0v) is 17.2. The Morgan fingerprint density at radius 2 is 1.92 bits per heavy atom. The Morgan fingerprint density at radius 3 is 2.50 bits per heavy atom. The van der Waals surface area contributed by atoms with E-state index in [1.165, 1.54) is 0 Å². The number of likely N-dealkylation sites (N-methyl/N-ethyl adjacent to an activating group) is 1. The monoisotopic (exact) mass is 444 g/mol. The summed E-state index contributed by atoms with van der Waals surface area (Å²) in [4.78, 5) is 20.0. The summed E-state index contributed by atoms with van der Waals surface area (Å²) in [7, 11) is 5.48. The van der Waals surface area contributed by atoms with Crippen LogP contribution >= 0.6 is 24.0 Å². The van der Waals surface area contributed by atoms with E-state index in [9.17, 15) is 4.79 Å². The second-order valence-electron chi connectivity index (χ2n) is 5.62. The Bertz CT molecular complexity index is 517. The van der Waals surface area contributed by atoms with Gasteiger partial charge in [-0.1, -0.05) is 36.4 Å². The highest BCUT2D eigenvalue weighted by Crippen LogP contribution is 2.02. The van der Waals surface area contributed by atoms with E-state index < -0.39 is 0 Å². The number of benzene rings is 1. The van der Waals surface area contributed by atoms with E-state index in [-0.39, 0.29) is 36.4 Å². The normalized spacial score (nSPS) is 10.5. The summed E-state index contributed by atoms with van der Waals surface area (Å²) in [6.45, 7) is 5.44. The number of amides is 1. The zero-order valence-electron chi connectivity index (χ0n) is 14.9. The first-order valence-electron chi connectivity index (χ1n) is 7.89. The molecule has 0 aliphatic heterocycles. The number of hydrogen-bond donors (Lipinski definition) is 1. The molecular weight excluding hydrogens is 415 g/mol. The molecular formula is C18H29IN4O. The maximum atomic E-state index is 11.8. The number of allylic oxidation sites excluding steroid dienone is 1. The molecule has 5 nitrogen and oxygen atoms in total. The Kier molecular flexibility index (Phi) is 12.0. The first-order chi connectivity index (χ1) is 11.0. The van der Waals surface area contributed by atoms with Crippen LogP contribution in [0.15, 0.2) is 48.0 Å². The summed E-state index contributed by atoms with van der Waals surface area (Å²) in [5.74, 6) is 0.769. The number of carbonyl (C=O) groups excluding carboxylic acids is 1. The minimum Gasteiger partial charge on any atom is -0.347 e. The number of nitrogens with one attached hydrogen (secondary N) is 1. The van der Waals surface area contributed by atoms with E-state index in [1.54, 1.807) is 19.0 Å². The largest absolute Gasteiger partial charge is 0.347 e.